The Hall–Kier alpha value is -2.18. The van der Waals surface area contributed by atoms with E-state index < -0.39 is 0 Å². The molecule has 1 atom stereocenters. The Labute approximate surface area is 170 Å². The quantitative estimate of drug-likeness (QED) is 0.804. The summed E-state index contributed by atoms with van der Waals surface area (Å²) in [6.07, 6.45) is 0.784. The predicted octanol–water partition coefficient (Wildman–Crippen LogP) is 4.32. The van der Waals surface area contributed by atoms with Crippen LogP contribution in [0.2, 0.25) is 0 Å². The highest BCUT2D eigenvalue weighted by Crippen LogP contribution is 2.31. The fourth-order valence-corrected chi connectivity index (χ4v) is 4.26. The summed E-state index contributed by atoms with van der Waals surface area (Å²) in [5, 5.41) is 5.34. The number of thiophene rings is 1. The number of nitrogens with zero attached hydrogens (tertiary/aromatic N) is 1. The van der Waals surface area contributed by atoms with Gasteiger partial charge in [0, 0.05) is 24.7 Å². The second kappa shape index (κ2) is 8.05. The van der Waals surface area contributed by atoms with Gasteiger partial charge in [0.05, 0.1) is 5.56 Å². The van der Waals surface area contributed by atoms with Gasteiger partial charge >= 0.3 is 0 Å². The van der Waals surface area contributed by atoms with E-state index in [-0.39, 0.29) is 23.3 Å². The van der Waals surface area contributed by atoms with E-state index in [4.69, 9.17) is 5.73 Å². The maximum absolute atomic E-state index is 13.1. The van der Waals surface area contributed by atoms with Crippen LogP contribution < -0.4 is 11.1 Å². The molecule has 2 aromatic rings. The van der Waals surface area contributed by atoms with Crippen molar-refractivity contribution < 1.29 is 9.59 Å². The van der Waals surface area contributed by atoms with Crippen LogP contribution in [-0.2, 0) is 0 Å². The molecule has 2 heterocycles. The average molecular weight is 400 g/mol. The van der Waals surface area contributed by atoms with Gasteiger partial charge < -0.3 is 16.0 Å². The molecule has 1 unspecified atom stereocenters. The zero-order valence-electron chi connectivity index (χ0n) is 17.0. The monoisotopic (exact) mass is 399 g/mol. The maximum atomic E-state index is 13.1. The van der Waals surface area contributed by atoms with Crippen LogP contribution in [0.25, 0.3) is 0 Å². The van der Waals surface area contributed by atoms with Crippen molar-refractivity contribution in [1.82, 2.24) is 4.90 Å². The molecule has 1 saturated heterocycles. The van der Waals surface area contributed by atoms with Crippen LogP contribution in [0.4, 0.5) is 5.00 Å². The number of carbonyl (C=O) groups is 2. The Morgan fingerprint density at radius 1 is 1.21 bits per heavy atom. The van der Waals surface area contributed by atoms with E-state index >= 15 is 0 Å². The van der Waals surface area contributed by atoms with E-state index in [0.29, 0.717) is 35.1 Å². The third-order valence-corrected chi connectivity index (χ3v) is 6.39. The molecule has 0 bridgehead atoms. The van der Waals surface area contributed by atoms with Crippen molar-refractivity contribution in [2.45, 2.75) is 46.1 Å². The molecular formula is C22H29N3O2S. The second-order valence-electron chi connectivity index (χ2n) is 8.50. The summed E-state index contributed by atoms with van der Waals surface area (Å²) in [6.45, 7) is 9.68. The first kappa shape index (κ1) is 20.6. The zero-order chi connectivity index (χ0) is 20.5. The standard InChI is InChI=1S/C22H29N3O2S/c1-14(2)15-5-7-16(8-6-15)19(26)24-20-17(10-12-28-20)21(27)25-11-9-18(23)22(3,4)13-25/h5-8,10,12,14,18H,9,11,13,23H2,1-4H3,(H,24,26). The number of rotatable bonds is 4. The second-order valence-corrected chi connectivity index (χ2v) is 9.42. The van der Waals surface area contributed by atoms with Crippen LogP contribution >= 0.6 is 11.3 Å². The molecular weight excluding hydrogens is 370 g/mol. The third kappa shape index (κ3) is 4.28. The fraction of sp³-hybridized carbons (Fsp3) is 0.455. The predicted molar refractivity (Wildman–Crippen MR) is 115 cm³/mol. The molecule has 1 aliphatic rings. The number of benzene rings is 1. The van der Waals surface area contributed by atoms with Crippen LogP contribution in [0.3, 0.4) is 0 Å². The number of anilines is 1. The SMILES string of the molecule is CC(C)c1ccc(C(=O)Nc2sccc2C(=O)N2CCC(N)C(C)(C)C2)cc1. The maximum Gasteiger partial charge on any atom is 0.256 e. The molecule has 2 amide bonds. The summed E-state index contributed by atoms with van der Waals surface area (Å²) in [7, 11) is 0. The smallest absolute Gasteiger partial charge is 0.256 e. The van der Waals surface area contributed by atoms with Crippen LogP contribution in [-0.4, -0.2) is 35.8 Å². The first-order chi connectivity index (χ1) is 13.2. The van der Waals surface area contributed by atoms with Crippen LogP contribution in [0, 0.1) is 5.41 Å². The van der Waals surface area contributed by atoms with Crippen molar-refractivity contribution >= 4 is 28.2 Å². The number of nitrogens with two attached hydrogens (primary N) is 1. The summed E-state index contributed by atoms with van der Waals surface area (Å²) in [5.41, 5.74) is 8.39. The minimum atomic E-state index is -0.201. The zero-order valence-corrected chi connectivity index (χ0v) is 17.8. The number of hydrogen-bond acceptors (Lipinski definition) is 4. The Bertz CT molecular complexity index is 855. The van der Waals surface area contributed by atoms with Gasteiger partial charge in [0.25, 0.3) is 11.8 Å². The first-order valence-corrected chi connectivity index (χ1v) is 10.6. The van der Waals surface area contributed by atoms with E-state index in [0.717, 1.165) is 6.42 Å². The molecule has 1 aromatic carbocycles. The van der Waals surface area contributed by atoms with E-state index in [1.165, 1.54) is 16.9 Å². The molecule has 0 aliphatic carbocycles. The van der Waals surface area contributed by atoms with Crippen LogP contribution in [0.15, 0.2) is 35.7 Å². The lowest BCUT2D eigenvalue weighted by molar-refractivity contribution is 0.0534. The fourth-order valence-electron chi connectivity index (χ4n) is 3.49. The molecule has 0 spiro atoms. The Morgan fingerprint density at radius 2 is 1.89 bits per heavy atom. The number of hydrogen-bond donors (Lipinski definition) is 2. The average Bonchev–Trinajstić information content (AvgIpc) is 3.11. The van der Waals surface area contributed by atoms with Gasteiger partial charge in [-0.2, -0.15) is 0 Å². The highest BCUT2D eigenvalue weighted by atomic mass is 32.1. The number of piperidine rings is 1. The molecule has 1 aliphatic heterocycles. The molecule has 3 N–H and O–H groups in total. The van der Waals surface area contributed by atoms with Crippen molar-refractivity contribution in [1.29, 1.82) is 0 Å². The molecule has 1 aromatic heterocycles. The molecule has 6 heteroatoms. The number of likely N-dealkylation sites (tertiary alicyclic amines) is 1. The largest absolute Gasteiger partial charge is 0.338 e. The van der Waals surface area contributed by atoms with Gasteiger partial charge in [0.2, 0.25) is 0 Å². The molecule has 3 rings (SSSR count). The first-order valence-electron chi connectivity index (χ1n) is 9.72. The number of carbonyl (C=O) groups excluding carboxylic acids is 2. The van der Waals surface area contributed by atoms with Gasteiger partial charge in [0.1, 0.15) is 5.00 Å². The Balaban J connectivity index is 1.73. The van der Waals surface area contributed by atoms with Crippen LogP contribution in [0.5, 0.6) is 0 Å². The summed E-state index contributed by atoms with van der Waals surface area (Å²) in [5.74, 6) is 0.167. The van der Waals surface area contributed by atoms with Gasteiger partial charge in [-0.3, -0.25) is 9.59 Å². The molecule has 0 radical (unpaired) electrons. The third-order valence-electron chi connectivity index (χ3n) is 5.56. The summed E-state index contributed by atoms with van der Waals surface area (Å²) >= 11 is 1.37. The highest BCUT2D eigenvalue weighted by molar-refractivity contribution is 7.14. The lowest BCUT2D eigenvalue weighted by Gasteiger charge is -2.42. The number of nitrogens with one attached hydrogen (secondary N) is 1. The molecule has 1 fully saturated rings. The molecule has 5 nitrogen and oxygen atoms in total. The molecule has 150 valence electrons. The van der Waals surface area contributed by atoms with Crippen molar-refractivity contribution in [3.05, 3.63) is 52.4 Å². The van der Waals surface area contributed by atoms with E-state index in [2.05, 4.69) is 33.0 Å². The Morgan fingerprint density at radius 3 is 2.50 bits per heavy atom. The van der Waals surface area contributed by atoms with Crippen molar-refractivity contribution in [3.8, 4) is 0 Å². The van der Waals surface area contributed by atoms with Gasteiger partial charge in [-0.05, 0) is 46.9 Å². The topological polar surface area (TPSA) is 75.4 Å². The van der Waals surface area contributed by atoms with Crippen molar-refractivity contribution in [2.75, 3.05) is 18.4 Å². The summed E-state index contributed by atoms with van der Waals surface area (Å²) < 4.78 is 0. The normalized spacial score (nSPS) is 18.9. The van der Waals surface area contributed by atoms with E-state index in [1.54, 1.807) is 6.07 Å². The van der Waals surface area contributed by atoms with Crippen LogP contribution in [0.1, 0.15) is 66.3 Å². The van der Waals surface area contributed by atoms with E-state index in [9.17, 15) is 9.59 Å². The molecule has 0 saturated carbocycles. The summed E-state index contributed by atoms with van der Waals surface area (Å²) in [6, 6.07) is 9.47. The lowest BCUT2D eigenvalue weighted by atomic mass is 9.79. The van der Waals surface area contributed by atoms with Gasteiger partial charge in [-0.1, -0.05) is 39.8 Å². The molecule has 28 heavy (non-hydrogen) atoms. The van der Waals surface area contributed by atoms with E-state index in [1.807, 2.05) is 34.5 Å². The highest BCUT2D eigenvalue weighted by Gasteiger charge is 2.36. The Kier molecular flexibility index (Phi) is 5.91. The minimum absolute atomic E-state index is 0.0494. The summed E-state index contributed by atoms with van der Waals surface area (Å²) in [4.78, 5) is 27.5. The number of amides is 2. The van der Waals surface area contributed by atoms with Crippen molar-refractivity contribution in [2.24, 2.45) is 11.1 Å². The van der Waals surface area contributed by atoms with Crippen molar-refractivity contribution in [3.63, 3.8) is 0 Å². The van der Waals surface area contributed by atoms with Gasteiger partial charge in [0.15, 0.2) is 0 Å². The minimum Gasteiger partial charge on any atom is -0.338 e. The lowest BCUT2D eigenvalue weighted by Crippen LogP contribution is -2.54. The van der Waals surface area contributed by atoms with Gasteiger partial charge in [-0.15, -0.1) is 11.3 Å². The van der Waals surface area contributed by atoms with Gasteiger partial charge in [-0.25, -0.2) is 0 Å².